The molecule has 0 aliphatic heterocycles. The number of benzene rings is 1. The second-order valence-corrected chi connectivity index (χ2v) is 5.79. The average molecular weight is 293 g/mol. The smallest absolute Gasteiger partial charge is 0.243 e. The van der Waals surface area contributed by atoms with Crippen LogP contribution in [0.15, 0.2) is 47.6 Å². The summed E-state index contributed by atoms with van der Waals surface area (Å²) in [6.07, 6.45) is 3.02. The summed E-state index contributed by atoms with van der Waals surface area (Å²) in [5.74, 6) is 5.27. The highest BCUT2D eigenvalue weighted by Gasteiger charge is 2.14. The lowest BCUT2D eigenvalue weighted by molar-refractivity contribution is 0.580. The van der Waals surface area contributed by atoms with Gasteiger partial charge in [0.25, 0.3) is 0 Å². The van der Waals surface area contributed by atoms with Gasteiger partial charge >= 0.3 is 0 Å². The zero-order valence-electron chi connectivity index (χ0n) is 10.7. The summed E-state index contributed by atoms with van der Waals surface area (Å²) in [4.78, 5) is 7.53. The Bertz CT molecular complexity index is 643. The van der Waals surface area contributed by atoms with Crippen molar-refractivity contribution >= 4 is 16.0 Å². The first-order valence-corrected chi connectivity index (χ1v) is 7.42. The highest BCUT2D eigenvalue weighted by molar-refractivity contribution is 7.89. The van der Waals surface area contributed by atoms with E-state index in [4.69, 9.17) is 5.84 Å². The van der Waals surface area contributed by atoms with E-state index in [1.807, 2.05) is 30.3 Å². The Morgan fingerprint density at radius 2 is 1.75 bits per heavy atom. The Kier molecular flexibility index (Phi) is 4.61. The lowest BCUT2D eigenvalue weighted by Crippen LogP contribution is -2.26. The van der Waals surface area contributed by atoms with Crippen LogP contribution in [0.4, 0.5) is 5.95 Å². The predicted octanol–water partition coefficient (Wildman–Crippen LogP) is 0.283. The van der Waals surface area contributed by atoms with Crippen LogP contribution in [0.1, 0.15) is 5.56 Å². The predicted molar refractivity (Wildman–Crippen MR) is 75.2 cm³/mol. The molecule has 0 fully saturated rings. The SMILES string of the molecule is NNc1ncc(S(=O)(=O)NCCc2ccccc2)cn1. The summed E-state index contributed by atoms with van der Waals surface area (Å²) in [7, 11) is -3.60. The van der Waals surface area contributed by atoms with Gasteiger partial charge in [-0.15, -0.1) is 0 Å². The first-order valence-electron chi connectivity index (χ1n) is 5.94. The third-order valence-corrected chi connectivity index (χ3v) is 4.03. The van der Waals surface area contributed by atoms with E-state index in [9.17, 15) is 8.42 Å². The van der Waals surface area contributed by atoms with Crippen molar-refractivity contribution in [2.24, 2.45) is 5.84 Å². The summed E-state index contributed by atoms with van der Waals surface area (Å²) < 4.78 is 26.5. The van der Waals surface area contributed by atoms with Gasteiger partial charge in [0.2, 0.25) is 16.0 Å². The number of hydrogen-bond acceptors (Lipinski definition) is 6. The van der Waals surface area contributed by atoms with Crippen molar-refractivity contribution in [2.75, 3.05) is 12.0 Å². The monoisotopic (exact) mass is 293 g/mol. The van der Waals surface area contributed by atoms with Gasteiger partial charge in [0.1, 0.15) is 4.90 Å². The molecule has 0 unspecified atom stereocenters. The first kappa shape index (κ1) is 14.4. The van der Waals surface area contributed by atoms with Crippen molar-refractivity contribution in [3.63, 3.8) is 0 Å². The Morgan fingerprint density at radius 1 is 1.10 bits per heavy atom. The van der Waals surface area contributed by atoms with E-state index in [0.29, 0.717) is 13.0 Å². The van der Waals surface area contributed by atoms with Crippen molar-refractivity contribution in [2.45, 2.75) is 11.3 Å². The number of nitrogens with two attached hydrogens (primary N) is 1. The molecule has 0 spiro atoms. The van der Waals surface area contributed by atoms with E-state index in [1.165, 1.54) is 12.4 Å². The van der Waals surface area contributed by atoms with Crippen molar-refractivity contribution in [1.82, 2.24) is 14.7 Å². The van der Waals surface area contributed by atoms with Gasteiger partial charge in [-0.2, -0.15) is 0 Å². The summed E-state index contributed by atoms with van der Waals surface area (Å²) in [5.41, 5.74) is 3.30. The Hall–Kier alpha value is -2.03. The van der Waals surface area contributed by atoms with Crippen LogP contribution in [0.2, 0.25) is 0 Å². The van der Waals surface area contributed by atoms with Gasteiger partial charge < -0.3 is 0 Å². The number of nitrogens with zero attached hydrogens (tertiary/aromatic N) is 2. The number of rotatable bonds is 6. The lowest BCUT2D eigenvalue weighted by atomic mass is 10.2. The third-order valence-electron chi connectivity index (χ3n) is 2.62. The van der Waals surface area contributed by atoms with E-state index < -0.39 is 10.0 Å². The molecule has 0 amide bonds. The molecular weight excluding hydrogens is 278 g/mol. The maximum Gasteiger partial charge on any atom is 0.243 e. The molecule has 0 radical (unpaired) electrons. The molecule has 7 nitrogen and oxygen atoms in total. The fourth-order valence-corrected chi connectivity index (χ4v) is 2.51. The van der Waals surface area contributed by atoms with Crippen molar-refractivity contribution < 1.29 is 8.42 Å². The number of aromatic nitrogens is 2. The Labute approximate surface area is 117 Å². The number of anilines is 1. The van der Waals surface area contributed by atoms with Crippen LogP contribution >= 0.6 is 0 Å². The maximum atomic E-state index is 12.0. The van der Waals surface area contributed by atoms with E-state index in [0.717, 1.165) is 5.56 Å². The summed E-state index contributed by atoms with van der Waals surface area (Å²) in [6.45, 7) is 0.309. The van der Waals surface area contributed by atoms with Crippen LogP contribution in [0.5, 0.6) is 0 Å². The number of sulfonamides is 1. The summed E-state index contributed by atoms with van der Waals surface area (Å²) >= 11 is 0. The fraction of sp³-hybridized carbons (Fsp3) is 0.167. The van der Waals surface area contributed by atoms with Gasteiger partial charge in [0, 0.05) is 6.54 Å². The van der Waals surface area contributed by atoms with Crippen molar-refractivity contribution in [1.29, 1.82) is 0 Å². The highest BCUT2D eigenvalue weighted by Crippen LogP contribution is 2.07. The van der Waals surface area contributed by atoms with Gasteiger partial charge in [-0.25, -0.2) is 29.0 Å². The molecule has 8 heteroatoms. The minimum Gasteiger partial charge on any atom is -0.292 e. The molecule has 2 rings (SSSR count). The van der Waals surface area contributed by atoms with Crippen LogP contribution in [-0.4, -0.2) is 24.9 Å². The second-order valence-electron chi connectivity index (χ2n) is 4.02. The molecule has 1 aromatic carbocycles. The maximum absolute atomic E-state index is 12.0. The molecule has 1 aromatic heterocycles. The van der Waals surface area contributed by atoms with E-state index in [2.05, 4.69) is 20.1 Å². The molecule has 0 saturated carbocycles. The number of nitrogen functional groups attached to an aromatic ring is 1. The largest absolute Gasteiger partial charge is 0.292 e. The molecular formula is C12H15N5O2S. The first-order chi connectivity index (χ1) is 9.62. The zero-order chi connectivity index (χ0) is 14.4. The molecule has 4 N–H and O–H groups in total. The van der Waals surface area contributed by atoms with Gasteiger partial charge in [-0.3, -0.25) is 5.43 Å². The normalized spacial score (nSPS) is 11.2. The Balaban J connectivity index is 1.96. The fourth-order valence-electron chi connectivity index (χ4n) is 1.59. The van der Waals surface area contributed by atoms with E-state index >= 15 is 0 Å². The van der Waals surface area contributed by atoms with Gasteiger partial charge in [-0.05, 0) is 12.0 Å². The molecule has 0 aliphatic rings. The minimum absolute atomic E-state index is 0.00422. The number of nitrogens with one attached hydrogen (secondary N) is 2. The molecule has 0 atom stereocenters. The summed E-state index contributed by atoms with van der Waals surface area (Å²) in [6, 6.07) is 9.63. The van der Waals surface area contributed by atoms with Crippen LogP contribution in [0, 0.1) is 0 Å². The molecule has 106 valence electrons. The van der Waals surface area contributed by atoms with Gasteiger partial charge in [-0.1, -0.05) is 30.3 Å². The molecule has 1 heterocycles. The molecule has 20 heavy (non-hydrogen) atoms. The standard InChI is InChI=1S/C12H15N5O2S/c13-17-12-14-8-11(9-15-12)20(18,19)16-7-6-10-4-2-1-3-5-10/h1-5,8-9,16H,6-7,13H2,(H,14,15,17). The quantitative estimate of drug-likeness (QED) is 0.521. The Morgan fingerprint density at radius 3 is 2.35 bits per heavy atom. The average Bonchev–Trinajstić information content (AvgIpc) is 2.48. The number of hydrogen-bond donors (Lipinski definition) is 3. The molecule has 0 bridgehead atoms. The molecule has 2 aromatic rings. The van der Waals surface area contributed by atoms with E-state index in [1.54, 1.807) is 0 Å². The zero-order valence-corrected chi connectivity index (χ0v) is 11.5. The van der Waals surface area contributed by atoms with E-state index in [-0.39, 0.29) is 10.8 Å². The molecule has 0 aliphatic carbocycles. The van der Waals surface area contributed by atoms with Gasteiger partial charge in [0.05, 0.1) is 12.4 Å². The lowest BCUT2D eigenvalue weighted by Gasteiger charge is -2.06. The highest BCUT2D eigenvalue weighted by atomic mass is 32.2. The van der Waals surface area contributed by atoms with Crippen molar-refractivity contribution in [3.05, 3.63) is 48.3 Å². The van der Waals surface area contributed by atoms with Gasteiger partial charge in [0.15, 0.2) is 0 Å². The minimum atomic E-state index is -3.60. The van der Waals surface area contributed by atoms with Crippen LogP contribution < -0.4 is 16.0 Å². The third kappa shape index (κ3) is 3.73. The van der Waals surface area contributed by atoms with Crippen LogP contribution in [0.3, 0.4) is 0 Å². The van der Waals surface area contributed by atoms with Crippen LogP contribution in [0.25, 0.3) is 0 Å². The summed E-state index contributed by atoms with van der Waals surface area (Å²) in [5, 5.41) is 0. The topological polar surface area (TPSA) is 110 Å². The van der Waals surface area contributed by atoms with Crippen LogP contribution in [-0.2, 0) is 16.4 Å². The van der Waals surface area contributed by atoms with Crippen molar-refractivity contribution in [3.8, 4) is 0 Å². The molecule has 0 saturated heterocycles. The number of hydrazine groups is 1. The second kappa shape index (κ2) is 6.42.